The molecule has 0 aromatic carbocycles. The van der Waals surface area contributed by atoms with Crippen molar-refractivity contribution >= 4 is 27.0 Å². The van der Waals surface area contributed by atoms with Crippen molar-refractivity contribution in [2.45, 2.75) is 31.9 Å². The summed E-state index contributed by atoms with van der Waals surface area (Å²) in [7, 11) is -4.28. The maximum atomic E-state index is 12.9. The van der Waals surface area contributed by atoms with Crippen LogP contribution in [0.5, 0.6) is 0 Å². The second-order valence-corrected chi connectivity index (χ2v) is 7.06. The van der Waals surface area contributed by atoms with Crippen LogP contribution in [0.25, 0.3) is 5.57 Å². The van der Waals surface area contributed by atoms with Crippen molar-refractivity contribution < 1.29 is 26.1 Å². The molecule has 0 radical (unpaired) electrons. The Morgan fingerprint density at radius 1 is 1.35 bits per heavy atom. The maximum absolute atomic E-state index is 12.9. The molecule has 0 unspecified atom stereocenters. The van der Waals surface area contributed by atoms with Gasteiger partial charge in [-0.3, -0.25) is 4.55 Å². The van der Waals surface area contributed by atoms with Crippen LogP contribution in [0.15, 0.2) is 11.5 Å². The van der Waals surface area contributed by atoms with Gasteiger partial charge in [0.25, 0.3) is 10.1 Å². The molecule has 0 aliphatic heterocycles. The topological polar surface area (TPSA) is 54.4 Å². The molecule has 2 rings (SSSR count). The Balaban J connectivity index is 2.40. The van der Waals surface area contributed by atoms with Crippen molar-refractivity contribution in [2.75, 3.05) is 5.75 Å². The third-order valence-electron chi connectivity index (χ3n) is 3.15. The fraction of sp³-hybridized carbons (Fsp3) is 0.500. The van der Waals surface area contributed by atoms with E-state index < -0.39 is 26.9 Å². The molecule has 0 fully saturated rings. The normalized spacial score (nSPS) is 16.5. The Bertz CT molecular complexity index is 627. The van der Waals surface area contributed by atoms with Crippen LogP contribution in [0, 0.1) is 0 Å². The van der Waals surface area contributed by atoms with Crippen molar-refractivity contribution in [3.05, 3.63) is 27.5 Å². The first kappa shape index (κ1) is 15.5. The van der Waals surface area contributed by atoms with Gasteiger partial charge in [-0.15, -0.1) is 11.3 Å². The van der Waals surface area contributed by atoms with Crippen LogP contribution >= 0.6 is 11.3 Å². The van der Waals surface area contributed by atoms with E-state index in [1.165, 1.54) is 5.38 Å². The Kier molecular flexibility index (Phi) is 4.27. The highest BCUT2D eigenvalue weighted by atomic mass is 32.2. The van der Waals surface area contributed by atoms with Crippen LogP contribution in [0.4, 0.5) is 13.2 Å². The summed E-state index contributed by atoms with van der Waals surface area (Å²) in [5.41, 5.74) is 1.29. The van der Waals surface area contributed by atoms with Gasteiger partial charge in [0.05, 0.1) is 5.75 Å². The molecule has 0 spiro atoms. The van der Waals surface area contributed by atoms with E-state index in [2.05, 4.69) is 0 Å². The lowest BCUT2D eigenvalue weighted by molar-refractivity contribution is -0.134. The molecule has 1 aliphatic carbocycles. The van der Waals surface area contributed by atoms with Crippen LogP contribution in [0.3, 0.4) is 0 Å². The lowest BCUT2D eigenvalue weighted by Gasteiger charge is -2.10. The van der Waals surface area contributed by atoms with Gasteiger partial charge in [-0.05, 0) is 47.8 Å². The van der Waals surface area contributed by atoms with E-state index >= 15 is 0 Å². The zero-order valence-electron chi connectivity index (χ0n) is 10.4. The van der Waals surface area contributed by atoms with Crippen molar-refractivity contribution in [3.63, 3.8) is 0 Å². The van der Waals surface area contributed by atoms with Gasteiger partial charge in [-0.1, -0.05) is 6.08 Å². The molecular weight excluding hydrogens is 313 g/mol. The zero-order valence-corrected chi connectivity index (χ0v) is 12.0. The highest BCUT2D eigenvalue weighted by Crippen LogP contribution is 2.42. The molecule has 0 atom stereocenters. The minimum atomic E-state index is -4.50. The number of hydrogen-bond acceptors (Lipinski definition) is 3. The van der Waals surface area contributed by atoms with E-state index in [9.17, 15) is 21.6 Å². The summed E-state index contributed by atoms with van der Waals surface area (Å²) in [6, 6.07) is 0. The lowest BCUT2D eigenvalue weighted by atomic mass is 10.0. The number of alkyl halides is 3. The summed E-state index contributed by atoms with van der Waals surface area (Å²) in [5, 5.41) is 1.43. The number of hydrogen-bond donors (Lipinski definition) is 1. The monoisotopic (exact) mass is 326 g/mol. The van der Waals surface area contributed by atoms with Crippen LogP contribution in [0.2, 0.25) is 0 Å². The highest BCUT2D eigenvalue weighted by Gasteiger charge is 2.37. The summed E-state index contributed by atoms with van der Waals surface area (Å²) in [5.74, 6) is -0.701. The third kappa shape index (κ3) is 3.62. The van der Waals surface area contributed by atoms with Gasteiger partial charge in [-0.25, -0.2) is 0 Å². The average Bonchev–Trinajstić information content (AvgIpc) is 2.92. The molecule has 0 saturated heterocycles. The molecule has 3 nitrogen and oxygen atoms in total. The summed E-state index contributed by atoms with van der Waals surface area (Å²) in [6.45, 7) is 0. The van der Waals surface area contributed by atoms with Crippen molar-refractivity contribution in [1.29, 1.82) is 0 Å². The van der Waals surface area contributed by atoms with Gasteiger partial charge in [0, 0.05) is 0 Å². The predicted molar refractivity (Wildman–Crippen MR) is 71.3 cm³/mol. The average molecular weight is 326 g/mol. The Morgan fingerprint density at radius 3 is 2.55 bits per heavy atom. The third-order valence-corrected chi connectivity index (χ3v) is 4.94. The minimum Gasteiger partial charge on any atom is -0.286 e. The van der Waals surface area contributed by atoms with E-state index in [4.69, 9.17) is 4.55 Å². The number of allylic oxidation sites excluding steroid dienone is 2. The standard InChI is InChI=1S/C12H13F3O3S2/c13-12(14,15)11-9(5-6-20(16,17)18)10(7-19-11)8-3-1-2-4-8/h3,7H,1-2,4-6H2,(H,16,17,18). The fourth-order valence-electron chi connectivity index (χ4n) is 2.28. The van der Waals surface area contributed by atoms with Gasteiger partial charge in [0.15, 0.2) is 0 Å². The number of rotatable bonds is 4. The summed E-state index contributed by atoms with van der Waals surface area (Å²) < 4.78 is 69.2. The first-order valence-electron chi connectivity index (χ1n) is 6.00. The smallest absolute Gasteiger partial charge is 0.286 e. The molecule has 20 heavy (non-hydrogen) atoms. The van der Waals surface area contributed by atoms with Crippen LogP contribution in [0.1, 0.15) is 35.3 Å². The second-order valence-electron chi connectivity index (χ2n) is 4.61. The Hall–Kier alpha value is -0.860. The van der Waals surface area contributed by atoms with E-state index in [1.807, 2.05) is 6.08 Å². The summed E-state index contributed by atoms with van der Waals surface area (Å²) >= 11 is 0.578. The largest absolute Gasteiger partial charge is 0.425 e. The highest BCUT2D eigenvalue weighted by molar-refractivity contribution is 7.85. The summed E-state index contributed by atoms with van der Waals surface area (Å²) in [4.78, 5) is -0.774. The predicted octanol–water partition coefficient (Wildman–Crippen LogP) is 3.76. The first-order chi connectivity index (χ1) is 9.18. The number of halogens is 3. The molecule has 0 bridgehead atoms. The lowest BCUT2D eigenvalue weighted by Crippen LogP contribution is -2.12. The van der Waals surface area contributed by atoms with Crippen LogP contribution < -0.4 is 0 Å². The van der Waals surface area contributed by atoms with Gasteiger partial charge in [0.2, 0.25) is 0 Å². The first-order valence-corrected chi connectivity index (χ1v) is 8.49. The quantitative estimate of drug-likeness (QED) is 0.857. The summed E-state index contributed by atoms with van der Waals surface area (Å²) in [6.07, 6.45) is -0.527. The van der Waals surface area contributed by atoms with Crippen LogP contribution in [-0.4, -0.2) is 18.7 Å². The molecule has 112 valence electrons. The zero-order chi connectivity index (χ0) is 15.0. The Labute approximate surface area is 118 Å². The molecule has 0 amide bonds. The van der Waals surface area contributed by atoms with Crippen molar-refractivity contribution in [3.8, 4) is 0 Å². The molecule has 1 heterocycles. The van der Waals surface area contributed by atoms with Gasteiger partial charge in [0.1, 0.15) is 4.88 Å². The molecule has 1 aromatic rings. The van der Waals surface area contributed by atoms with E-state index in [1.54, 1.807) is 0 Å². The van der Waals surface area contributed by atoms with E-state index in [0.717, 1.165) is 18.4 Å². The van der Waals surface area contributed by atoms with Crippen LogP contribution in [-0.2, 0) is 22.7 Å². The van der Waals surface area contributed by atoms with Gasteiger partial charge >= 0.3 is 6.18 Å². The van der Waals surface area contributed by atoms with Gasteiger partial charge in [-0.2, -0.15) is 21.6 Å². The van der Waals surface area contributed by atoms with Gasteiger partial charge < -0.3 is 0 Å². The second kappa shape index (κ2) is 5.50. The fourth-order valence-corrected chi connectivity index (χ4v) is 3.76. The molecule has 1 aliphatic rings. The Morgan fingerprint density at radius 2 is 2.05 bits per heavy atom. The SMILES string of the molecule is O=S(=O)(O)CCc1c(C2=CCCC2)csc1C(F)(F)F. The van der Waals surface area contributed by atoms with Crippen molar-refractivity contribution in [2.24, 2.45) is 0 Å². The van der Waals surface area contributed by atoms with Crippen molar-refractivity contribution in [1.82, 2.24) is 0 Å². The molecule has 8 heteroatoms. The van der Waals surface area contributed by atoms with E-state index in [0.29, 0.717) is 23.3 Å². The maximum Gasteiger partial charge on any atom is 0.425 e. The number of thiophene rings is 1. The molecule has 0 saturated carbocycles. The molecule has 1 N–H and O–H groups in total. The molecule has 1 aromatic heterocycles. The minimum absolute atomic E-state index is 0.0201. The molecular formula is C12H13F3O3S2. The van der Waals surface area contributed by atoms with E-state index in [-0.39, 0.29) is 12.0 Å².